The first-order chi connectivity index (χ1) is 9.43. The summed E-state index contributed by atoms with van der Waals surface area (Å²) in [5, 5.41) is 11.8. The molecule has 0 spiro atoms. The van der Waals surface area contributed by atoms with Crippen molar-refractivity contribution in [2.75, 3.05) is 5.32 Å². The molecular formula is C15H18FNO3. The highest BCUT2D eigenvalue weighted by molar-refractivity contribution is 5.94. The van der Waals surface area contributed by atoms with Gasteiger partial charge in [0.05, 0.1) is 11.1 Å². The normalized spacial score (nSPS) is 16.9. The van der Waals surface area contributed by atoms with E-state index in [9.17, 15) is 19.1 Å². The molecule has 2 rings (SSSR count). The molecule has 1 aliphatic rings. The number of nitrogens with one attached hydrogen (secondary N) is 1. The highest BCUT2D eigenvalue weighted by atomic mass is 19.1. The van der Waals surface area contributed by atoms with Crippen LogP contribution in [0, 0.1) is 18.2 Å². The van der Waals surface area contributed by atoms with E-state index in [0.29, 0.717) is 12.8 Å². The second-order valence-corrected chi connectivity index (χ2v) is 5.50. The van der Waals surface area contributed by atoms with E-state index in [0.717, 1.165) is 18.4 Å². The van der Waals surface area contributed by atoms with E-state index in [1.54, 1.807) is 13.0 Å². The quantitative estimate of drug-likeness (QED) is 0.890. The van der Waals surface area contributed by atoms with Crippen LogP contribution in [0.5, 0.6) is 0 Å². The standard InChI is InChI=1S/C15H18FNO3/c1-10-4-5-12(11(16)8-10)17-13(18)9-15(14(19)20)6-2-3-7-15/h4-5,8H,2-3,6-7,9H2,1H3,(H,17,18)(H,19,20). The van der Waals surface area contributed by atoms with Gasteiger partial charge in [0, 0.05) is 6.42 Å². The maximum absolute atomic E-state index is 13.6. The number of rotatable bonds is 4. The number of carboxylic acids is 1. The number of hydrogen-bond acceptors (Lipinski definition) is 2. The lowest BCUT2D eigenvalue weighted by Gasteiger charge is -2.22. The van der Waals surface area contributed by atoms with Gasteiger partial charge in [0.2, 0.25) is 5.91 Å². The monoisotopic (exact) mass is 279 g/mol. The largest absolute Gasteiger partial charge is 0.481 e. The number of carbonyl (C=O) groups excluding carboxylic acids is 1. The highest BCUT2D eigenvalue weighted by Gasteiger charge is 2.43. The van der Waals surface area contributed by atoms with E-state index in [-0.39, 0.29) is 12.1 Å². The average Bonchev–Trinajstić information content (AvgIpc) is 2.82. The summed E-state index contributed by atoms with van der Waals surface area (Å²) in [5.74, 6) is -1.89. The molecule has 0 aliphatic heterocycles. The first-order valence-electron chi connectivity index (χ1n) is 6.72. The number of hydrogen-bond donors (Lipinski definition) is 2. The van der Waals surface area contributed by atoms with Gasteiger partial charge in [-0.15, -0.1) is 0 Å². The van der Waals surface area contributed by atoms with Crippen LogP contribution in [0.25, 0.3) is 0 Å². The molecule has 0 unspecified atom stereocenters. The molecule has 1 amide bonds. The van der Waals surface area contributed by atoms with Crippen molar-refractivity contribution in [1.29, 1.82) is 0 Å². The van der Waals surface area contributed by atoms with Crippen LogP contribution in [0.1, 0.15) is 37.7 Å². The molecule has 1 saturated carbocycles. The van der Waals surface area contributed by atoms with Gasteiger partial charge in [-0.05, 0) is 37.5 Å². The average molecular weight is 279 g/mol. The number of aryl methyl sites for hydroxylation is 1. The highest BCUT2D eigenvalue weighted by Crippen LogP contribution is 2.41. The summed E-state index contributed by atoms with van der Waals surface area (Å²) in [6, 6.07) is 4.52. The smallest absolute Gasteiger partial charge is 0.310 e. The number of anilines is 1. The molecule has 5 heteroatoms. The molecule has 0 atom stereocenters. The Morgan fingerprint density at radius 1 is 1.35 bits per heavy atom. The number of carboxylic acid groups (broad SMARTS) is 1. The van der Waals surface area contributed by atoms with Crippen LogP contribution in [0.2, 0.25) is 0 Å². The second kappa shape index (κ2) is 5.61. The van der Waals surface area contributed by atoms with E-state index >= 15 is 0 Å². The fourth-order valence-electron chi connectivity index (χ4n) is 2.74. The number of halogens is 1. The van der Waals surface area contributed by atoms with Crippen LogP contribution in [-0.2, 0) is 9.59 Å². The zero-order valence-corrected chi connectivity index (χ0v) is 11.4. The molecule has 0 heterocycles. The maximum Gasteiger partial charge on any atom is 0.310 e. The summed E-state index contributed by atoms with van der Waals surface area (Å²) < 4.78 is 13.6. The van der Waals surface area contributed by atoms with Crippen LogP contribution in [-0.4, -0.2) is 17.0 Å². The lowest BCUT2D eigenvalue weighted by Crippen LogP contribution is -2.32. The van der Waals surface area contributed by atoms with Gasteiger partial charge in [0.15, 0.2) is 0 Å². The molecule has 20 heavy (non-hydrogen) atoms. The van der Waals surface area contributed by atoms with Gasteiger partial charge in [-0.25, -0.2) is 4.39 Å². The second-order valence-electron chi connectivity index (χ2n) is 5.50. The molecule has 1 aromatic carbocycles. The summed E-state index contributed by atoms with van der Waals surface area (Å²) in [6.07, 6.45) is 2.55. The van der Waals surface area contributed by atoms with Crippen molar-refractivity contribution in [2.24, 2.45) is 5.41 Å². The number of amides is 1. The lowest BCUT2D eigenvalue weighted by molar-refractivity contribution is -0.150. The first kappa shape index (κ1) is 14.5. The van der Waals surface area contributed by atoms with E-state index in [1.807, 2.05) is 0 Å². The van der Waals surface area contributed by atoms with Gasteiger partial charge in [0.1, 0.15) is 5.82 Å². The van der Waals surface area contributed by atoms with Gasteiger partial charge < -0.3 is 10.4 Å². The summed E-state index contributed by atoms with van der Waals surface area (Å²) in [7, 11) is 0. The van der Waals surface area contributed by atoms with E-state index < -0.39 is 23.1 Å². The molecule has 1 aromatic rings. The van der Waals surface area contributed by atoms with Crippen molar-refractivity contribution in [3.8, 4) is 0 Å². The Morgan fingerprint density at radius 2 is 2.00 bits per heavy atom. The lowest BCUT2D eigenvalue weighted by atomic mass is 9.82. The molecule has 2 N–H and O–H groups in total. The van der Waals surface area contributed by atoms with Gasteiger partial charge in [-0.3, -0.25) is 9.59 Å². The molecular weight excluding hydrogens is 261 g/mol. The van der Waals surface area contributed by atoms with Gasteiger partial charge in [-0.2, -0.15) is 0 Å². The third-order valence-corrected chi connectivity index (χ3v) is 3.91. The van der Waals surface area contributed by atoms with Gasteiger partial charge >= 0.3 is 5.97 Å². The first-order valence-corrected chi connectivity index (χ1v) is 6.72. The molecule has 1 aliphatic carbocycles. The summed E-state index contributed by atoms with van der Waals surface area (Å²) >= 11 is 0. The zero-order chi connectivity index (χ0) is 14.8. The van der Waals surface area contributed by atoms with Crippen molar-refractivity contribution >= 4 is 17.6 Å². The zero-order valence-electron chi connectivity index (χ0n) is 11.4. The molecule has 0 bridgehead atoms. The minimum absolute atomic E-state index is 0.0964. The fourth-order valence-corrected chi connectivity index (χ4v) is 2.74. The van der Waals surface area contributed by atoms with Crippen molar-refractivity contribution in [2.45, 2.75) is 39.0 Å². The predicted molar refractivity (Wildman–Crippen MR) is 72.9 cm³/mol. The van der Waals surface area contributed by atoms with Crippen LogP contribution in [0.3, 0.4) is 0 Å². The van der Waals surface area contributed by atoms with Crippen molar-refractivity contribution in [3.05, 3.63) is 29.6 Å². The molecule has 0 radical (unpaired) electrons. The summed E-state index contributed by atoms with van der Waals surface area (Å²) in [4.78, 5) is 23.3. The van der Waals surface area contributed by atoms with Crippen molar-refractivity contribution < 1.29 is 19.1 Å². The van der Waals surface area contributed by atoms with E-state index in [1.165, 1.54) is 12.1 Å². The van der Waals surface area contributed by atoms with Crippen molar-refractivity contribution in [3.63, 3.8) is 0 Å². The van der Waals surface area contributed by atoms with E-state index in [4.69, 9.17) is 0 Å². The Morgan fingerprint density at radius 3 is 2.55 bits per heavy atom. The van der Waals surface area contributed by atoms with Gasteiger partial charge in [0.25, 0.3) is 0 Å². The molecule has 4 nitrogen and oxygen atoms in total. The Bertz CT molecular complexity index is 536. The SMILES string of the molecule is Cc1ccc(NC(=O)CC2(C(=O)O)CCCC2)c(F)c1. The number of aliphatic carboxylic acids is 1. The van der Waals surface area contributed by atoms with Crippen LogP contribution < -0.4 is 5.32 Å². The molecule has 0 aromatic heterocycles. The molecule has 1 fully saturated rings. The maximum atomic E-state index is 13.6. The minimum Gasteiger partial charge on any atom is -0.481 e. The molecule has 0 saturated heterocycles. The van der Waals surface area contributed by atoms with Crippen LogP contribution in [0.15, 0.2) is 18.2 Å². The third kappa shape index (κ3) is 2.98. The predicted octanol–water partition coefficient (Wildman–Crippen LogP) is 3.11. The molecule has 108 valence electrons. The van der Waals surface area contributed by atoms with Gasteiger partial charge in [-0.1, -0.05) is 18.9 Å². The third-order valence-electron chi connectivity index (χ3n) is 3.91. The Hall–Kier alpha value is -1.91. The number of benzene rings is 1. The Kier molecular flexibility index (Phi) is 4.06. The van der Waals surface area contributed by atoms with Crippen LogP contribution in [0.4, 0.5) is 10.1 Å². The fraction of sp³-hybridized carbons (Fsp3) is 0.467. The minimum atomic E-state index is -0.981. The summed E-state index contributed by atoms with van der Waals surface area (Å²) in [6.45, 7) is 1.76. The Balaban J connectivity index is 2.07. The van der Waals surface area contributed by atoms with Crippen LogP contribution >= 0.6 is 0 Å². The topological polar surface area (TPSA) is 66.4 Å². The van der Waals surface area contributed by atoms with Crippen molar-refractivity contribution in [1.82, 2.24) is 0 Å². The number of carbonyl (C=O) groups is 2. The Labute approximate surface area is 117 Å². The summed E-state index contributed by atoms with van der Waals surface area (Å²) in [5.41, 5.74) is -0.122. The van der Waals surface area contributed by atoms with E-state index in [2.05, 4.69) is 5.32 Å².